The molecule has 1 atom stereocenters. The number of aromatic hydroxyl groups is 1. The number of carboxylic acid groups (broad SMARTS) is 1. The molecule has 0 aromatic heterocycles. The predicted molar refractivity (Wildman–Crippen MR) is 102 cm³/mol. The molecule has 0 saturated carbocycles. The molecule has 1 aromatic carbocycles. The van der Waals surface area contributed by atoms with Crippen LogP contribution in [0.1, 0.15) is 12.5 Å². The van der Waals surface area contributed by atoms with Gasteiger partial charge in [-0.2, -0.15) is 0 Å². The lowest BCUT2D eigenvalue weighted by Gasteiger charge is -2.12. The van der Waals surface area contributed by atoms with E-state index in [1.165, 1.54) is 17.8 Å². The van der Waals surface area contributed by atoms with E-state index in [1.54, 1.807) is 26.2 Å². The molecule has 0 saturated heterocycles. The number of carboxylic acids is 1. The summed E-state index contributed by atoms with van der Waals surface area (Å²) in [7, 11) is 1.62. The molecule has 9 heteroatoms. The topological polar surface area (TPSA) is 107 Å². The number of methoxy groups -OCH3 is 1. The van der Waals surface area contributed by atoms with Gasteiger partial charge in [-0.1, -0.05) is 0 Å². The minimum Gasteiger partial charge on any atom is -0.507 e. The third kappa shape index (κ3) is 6.39. The molecule has 0 spiro atoms. The quantitative estimate of drug-likeness (QED) is 0.512. The van der Waals surface area contributed by atoms with E-state index in [4.69, 9.17) is 18.9 Å². The maximum absolute atomic E-state index is 11.3. The molecule has 1 aliphatic rings. The van der Waals surface area contributed by atoms with Crippen molar-refractivity contribution in [3.63, 3.8) is 0 Å². The van der Waals surface area contributed by atoms with Crippen molar-refractivity contribution in [2.24, 2.45) is 4.99 Å². The highest BCUT2D eigenvalue weighted by atomic mass is 32.2. The minimum absolute atomic E-state index is 0.0349. The summed E-state index contributed by atoms with van der Waals surface area (Å²) in [6, 6.07) is 4.81. The molecule has 2 rings (SSSR count). The number of rotatable bonds is 12. The molecule has 1 aromatic rings. The van der Waals surface area contributed by atoms with Crippen molar-refractivity contribution in [3.05, 3.63) is 23.8 Å². The molecule has 1 heterocycles. The highest BCUT2D eigenvalue weighted by molar-refractivity contribution is 8.14. The Morgan fingerprint density at radius 3 is 2.48 bits per heavy atom. The second kappa shape index (κ2) is 10.5. The van der Waals surface area contributed by atoms with E-state index in [1.807, 2.05) is 0 Å². The highest BCUT2D eigenvalue weighted by Crippen LogP contribution is 2.35. The van der Waals surface area contributed by atoms with Gasteiger partial charge >= 0.3 is 5.97 Å². The number of aliphatic carboxylic acids is 1. The Hall–Kier alpha value is -1.81. The summed E-state index contributed by atoms with van der Waals surface area (Å²) < 4.78 is 21.2. The fourth-order valence-corrected chi connectivity index (χ4v) is 3.39. The summed E-state index contributed by atoms with van der Waals surface area (Å²) in [4.78, 5) is 15.6. The molecule has 0 fully saturated rings. The van der Waals surface area contributed by atoms with E-state index in [9.17, 15) is 15.0 Å². The summed E-state index contributed by atoms with van der Waals surface area (Å²) in [5, 5.41) is 19.9. The Bertz CT molecular complexity index is 667. The van der Waals surface area contributed by atoms with E-state index in [2.05, 4.69) is 4.99 Å². The van der Waals surface area contributed by atoms with Crippen LogP contribution in [0.4, 0.5) is 0 Å². The Morgan fingerprint density at radius 2 is 1.85 bits per heavy atom. The van der Waals surface area contributed by atoms with Gasteiger partial charge < -0.3 is 29.2 Å². The minimum atomic E-state index is -1.18. The molecule has 0 aliphatic carbocycles. The van der Waals surface area contributed by atoms with Crippen molar-refractivity contribution in [1.82, 2.24) is 0 Å². The van der Waals surface area contributed by atoms with Crippen LogP contribution in [0, 0.1) is 0 Å². The lowest BCUT2D eigenvalue weighted by molar-refractivity contribution is -0.141. The lowest BCUT2D eigenvalue weighted by Crippen LogP contribution is -2.33. The number of phenolic OH excluding ortho intramolecular Hbond substituents is 1. The Balaban J connectivity index is 1.81. The summed E-state index contributed by atoms with van der Waals surface area (Å²) >= 11 is 1.30. The van der Waals surface area contributed by atoms with Crippen LogP contribution in [-0.2, 0) is 19.0 Å². The van der Waals surface area contributed by atoms with E-state index in [0.717, 1.165) is 0 Å². The normalized spacial score (nSPS) is 19.1. The first-order valence-corrected chi connectivity index (χ1v) is 9.51. The molecular formula is C18H25NO7S. The van der Waals surface area contributed by atoms with Crippen molar-refractivity contribution >= 4 is 22.8 Å². The summed E-state index contributed by atoms with van der Waals surface area (Å²) in [5.41, 5.74) is -0.711. The average Bonchev–Trinajstić information content (AvgIpc) is 3.05. The largest absolute Gasteiger partial charge is 0.507 e. The zero-order valence-corrected chi connectivity index (χ0v) is 16.3. The van der Waals surface area contributed by atoms with E-state index in [-0.39, 0.29) is 5.75 Å². The first-order chi connectivity index (χ1) is 13.0. The van der Waals surface area contributed by atoms with Gasteiger partial charge in [0.05, 0.1) is 38.6 Å². The Morgan fingerprint density at radius 1 is 1.19 bits per heavy atom. The monoisotopic (exact) mass is 399 g/mol. The molecule has 8 nitrogen and oxygen atoms in total. The molecule has 0 amide bonds. The standard InChI is InChI=1S/C18H25NO7S/c1-18(17(21)22)12-27-16(19-18)14-11-13(3-4-15(14)20)26-10-9-25-8-7-24-6-5-23-2/h3-4,11,20H,5-10,12H2,1-2H3,(H,21,22)/t18-/m1/s1. The van der Waals surface area contributed by atoms with Crippen LogP contribution in [0.5, 0.6) is 11.5 Å². The zero-order valence-electron chi connectivity index (χ0n) is 15.5. The van der Waals surface area contributed by atoms with Crippen molar-refractivity contribution < 1.29 is 34.0 Å². The van der Waals surface area contributed by atoms with Crippen molar-refractivity contribution in [1.29, 1.82) is 0 Å². The highest BCUT2D eigenvalue weighted by Gasteiger charge is 2.39. The third-order valence-electron chi connectivity index (χ3n) is 3.80. The molecule has 0 bridgehead atoms. The summed E-state index contributed by atoms with van der Waals surface area (Å²) in [5.74, 6) is -0.0782. The second-order valence-electron chi connectivity index (χ2n) is 6.03. The number of hydrogen-bond donors (Lipinski definition) is 2. The molecule has 0 radical (unpaired) electrons. The van der Waals surface area contributed by atoms with E-state index in [0.29, 0.717) is 61.8 Å². The molecule has 1 aliphatic heterocycles. The van der Waals surface area contributed by atoms with Gasteiger partial charge in [0.2, 0.25) is 0 Å². The van der Waals surface area contributed by atoms with Gasteiger partial charge in [0.1, 0.15) is 23.1 Å². The number of benzene rings is 1. The van der Waals surface area contributed by atoms with Crippen LogP contribution in [0.2, 0.25) is 0 Å². The zero-order chi connectivity index (χ0) is 19.7. The van der Waals surface area contributed by atoms with Crippen LogP contribution in [0.3, 0.4) is 0 Å². The number of nitrogens with zero attached hydrogens (tertiary/aromatic N) is 1. The Labute approximate surface area is 162 Å². The van der Waals surface area contributed by atoms with Crippen LogP contribution in [0.25, 0.3) is 0 Å². The van der Waals surface area contributed by atoms with Gasteiger partial charge in [-0.05, 0) is 25.1 Å². The van der Waals surface area contributed by atoms with Crippen LogP contribution >= 0.6 is 11.8 Å². The van der Waals surface area contributed by atoms with E-state index >= 15 is 0 Å². The lowest BCUT2D eigenvalue weighted by atomic mass is 10.1. The van der Waals surface area contributed by atoms with Gasteiger partial charge in [-0.25, -0.2) is 4.79 Å². The number of phenols is 1. The van der Waals surface area contributed by atoms with Gasteiger partial charge in [-0.3, -0.25) is 4.99 Å². The van der Waals surface area contributed by atoms with Gasteiger partial charge in [-0.15, -0.1) is 11.8 Å². The maximum atomic E-state index is 11.3. The third-order valence-corrected chi connectivity index (χ3v) is 5.09. The van der Waals surface area contributed by atoms with Crippen molar-refractivity contribution in [2.75, 3.05) is 52.5 Å². The first kappa shape index (κ1) is 21.5. The number of ether oxygens (including phenoxy) is 4. The number of aliphatic imine (C=N–C) groups is 1. The van der Waals surface area contributed by atoms with Crippen LogP contribution in [0.15, 0.2) is 23.2 Å². The van der Waals surface area contributed by atoms with Gasteiger partial charge in [0.25, 0.3) is 0 Å². The number of carbonyl (C=O) groups is 1. The Kier molecular flexibility index (Phi) is 8.36. The number of thioether (sulfide) groups is 1. The van der Waals surface area contributed by atoms with Crippen molar-refractivity contribution in [2.45, 2.75) is 12.5 Å². The second-order valence-corrected chi connectivity index (χ2v) is 6.99. The summed E-state index contributed by atoms with van der Waals surface area (Å²) in [6.45, 7) is 4.35. The van der Waals surface area contributed by atoms with Crippen LogP contribution < -0.4 is 4.74 Å². The maximum Gasteiger partial charge on any atom is 0.332 e. The summed E-state index contributed by atoms with van der Waals surface area (Å²) in [6.07, 6.45) is 0. The van der Waals surface area contributed by atoms with Gasteiger partial charge in [0, 0.05) is 12.9 Å². The fourth-order valence-electron chi connectivity index (χ4n) is 2.20. The van der Waals surface area contributed by atoms with E-state index < -0.39 is 11.5 Å². The smallest absolute Gasteiger partial charge is 0.332 e. The number of hydrogen-bond acceptors (Lipinski definition) is 8. The molecule has 2 N–H and O–H groups in total. The van der Waals surface area contributed by atoms with Gasteiger partial charge in [0.15, 0.2) is 5.54 Å². The molecular weight excluding hydrogens is 374 g/mol. The average molecular weight is 399 g/mol. The first-order valence-electron chi connectivity index (χ1n) is 8.53. The van der Waals surface area contributed by atoms with Crippen molar-refractivity contribution in [3.8, 4) is 11.5 Å². The predicted octanol–water partition coefficient (Wildman–Crippen LogP) is 1.79. The molecule has 0 unspecified atom stereocenters. The SMILES string of the molecule is COCCOCCOCCOc1ccc(O)c(C2=N[C@@](C)(C(=O)O)CS2)c1. The molecule has 150 valence electrons. The fraction of sp³-hybridized carbons (Fsp3) is 0.556. The molecule has 27 heavy (non-hydrogen) atoms. The van der Waals surface area contributed by atoms with Crippen LogP contribution in [-0.4, -0.2) is 79.3 Å².